The largest absolute Gasteiger partial charge is 0.495 e. The van der Waals surface area contributed by atoms with Crippen LogP contribution in [0, 0.1) is 11.3 Å². The van der Waals surface area contributed by atoms with E-state index in [4.69, 9.17) is 26.4 Å². The Morgan fingerprint density at radius 3 is 2.63 bits per heavy atom. The van der Waals surface area contributed by atoms with Crippen molar-refractivity contribution >= 4 is 41.0 Å². The molecule has 138 valence electrons. The summed E-state index contributed by atoms with van der Waals surface area (Å²) in [5, 5.41) is 17.7. The third-order valence-electron chi connectivity index (χ3n) is 3.16. The number of amides is 2. The van der Waals surface area contributed by atoms with Crippen LogP contribution < -0.4 is 15.4 Å². The molecule has 0 saturated carbocycles. The minimum Gasteiger partial charge on any atom is -0.495 e. The molecule has 0 saturated heterocycles. The van der Waals surface area contributed by atoms with Crippen molar-refractivity contribution in [1.29, 1.82) is 5.26 Å². The molecule has 0 aliphatic carbocycles. The highest BCUT2D eigenvalue weighted by atomic mass is 35.5. The normalized spacial score (nSPS) is 10.1. The minimum atomic E-state index is -0.580. The summed E-state index contributed by atoms with van der Waals surface area (Å²) in [6, 6.07) is 13.1. The van der Waals surface area contributed by atoms with Crippen molar-refractivity contribution in [3.05, 3.63) is 53.1 Å². The van der Waals surface area contributed by atoms with E-state index in [0.29, 0.717) is 27.7 Å². The number of oxime groups is 1. The first kappa shape index (κ1) is 19.8. The van der Waals surface area contributed by atoms with E-state index in [1.807, 2.05) is 6.07 Å². The zero-order valence-electron chi connectivity index (χ0n) is 14.2. The molecule has 0 atom stereocenters. The lowest BCUT2D eigenvalue weighted by Crippen LogP contribution is -2.18. The van der Waals surface area contributed by atoms with Crippen LogP contribution in [0.4, 0.5) is 11.4 Å². The monoisotopic (exact) mass is 386 g/mol. The maximum Gasteiger partial charge on any atom is 0.270 e. The standard InChI is InChI=1S/C18H15ClN4O4/c1-26-16-7-4-13(19)8-15(16)23-17(24)10-21-27-11-18(25)22-14-5-2-12(9-20)3-6-14/h2-8,10H,11H2,1H3,(H,22,25)(H,23,24)/b21-10-. The van der Waals surface area contributed by atoms with Crippen LogP contribution in [-0.2, 0) is 14.4 Å². The third-order valence-corrected chi connectivity index (χ3v) is 3.39. The first-order valence-electron chi connectivity index (χ1n) is 7.61. The molecular weight excluding hydrogens is 372 g/mol. The number of methoxy groups -OCH3 is 1. The lowest BCUT2D eigenvalue weighted by Gasteiger charge is -2.08. The van der Waals surface area contributed by atoms with Crippen LogP contribution in [0.3, 0.4) is 0 Å². The van der Waals surface area contributed by atoms with E-state index in [-0.39, 0.29) is 6.61 Å². The van der Waals surface area contributed by atoms with Gasteiger partial charge in [-0.25, -0.2) is 0 Å². The second-order valence-electron chi connectivity index (χ2n) is 5.08. The van der Waals surface area contributed by atoms with E-state index in [1.54, 1.807) is 36.4 Å². The van der Waals surface area contributed by atoms with Gasteiger partial charge in [0.05, 0.1) is 24.4 Å². The molecule has 0 bridgehead atoms. The van der Waals surface area contributed by atoms with Gasteiger partial charge in [-0.15, -0.1) is 0 Å². The van der Waals surface area contributed by atoms with Crippen molar-refractivity contribution in [2.24, 2.45) is 5.16 Å². The van der Waals surface area contributed by atoms with E-state index in [0.717, 1.165) is 6.21 Å². The van der Waals surface area contributed by atoms with Gasteiger partial charge in [0.25, 0.3) is 11.8 Å². The summed E-state index contributed by atoms with van der Waals surface area (Å²) in [7, 11) is 1.46. The number of nitrogens with one attached hydrogen (secondary N) is 2. The lowest BCUT2D eigenvalue weighted by molar-refractivity contribution is -0.120. The molecule has 0 radical (unpaired) electrons. The van der Waals surface area contributed by atoms with Crippen molar-refractivity contribution in [2.45, 2.75) is 0 Å². The number of nitriles is 1. The van der Waals surface area contributed by atoms with Crippen LogP contribution >= 0.6 is 11.6 Å². The first-order valence-corrected chi connectivity index (χ1v) is 7.99. The van der Waals surface area contributed by atoms with Gasteiger partial charge in [0.15, 0.2) is 6.61 Å². The fraction of sp³-hybridized carbons (Fsp3) is 0.111. The zero-order valence-corrected chi connectivity index (χ0v) is 15.0. The number of ether oxygens (including phenoxy) is 1. The van der Waals surface area contributed by atoms with E-state index in [2.05, 4.69) is 15.8 Å². The summed E-state index contributed by atoms with van der Waals surface area (Å²) in [4.78, 5) is 28.3. The van der Waals surface area contributed by atoms with Gasteiger partial charge in [0, 0.05) is 10.7 Å². The van der Waals surface area contributed by atoms with Crippen molar-refractivity contribution in [3.8, 4) is 11.8 Å². The maximum absolute atomic E-state index is 11.8. The van der Waals surface area contributed by atoms with Crippen molar-refractivity contribution < 1.29 is 19.2 Å². The maximum atomic E-state index is 11.8. The highest BCUT2D eigenvalue weighted by molar-refractivity contribution is 6.33. The summed E-state index contributed by atoms with van der Waals surface area (Å²) in [5.41, 5.74) is 1.37. The minimum absolute atomic E-state index is 0.375. The van der Waals surface area contributed by atoms with Crippen molar-refractivity contribution in [1.82, 2.24) is 0 Å². The Hall–Kier alpha value is -3.57. The Labute approximate surface area is 160 Å². The first-order chi connectivity index (χ1) is 13.0. The van der Waals surface area contributed by atoms with Crippen LogP contribution in [0.15, 0.2) is 47.6 Å². The summed E-state index contributed by atoms with van der Waals surface area (Å²) in [6.07, 6.45) is 0.884. The molecule has 27 heavy (non-hydrogen) atoms. The average molecular weight is 387 g/mol. The zero-order chi connectivity index (χ0) is 19.6. The van der Waals surface area contributed by atoms with Gasteiger partial charge in [-0.05, 0) is 42.5 Å². The fourth-order valence-electron chi connectivity index (χ4n) is 1.95. The second kappa shape index (κ2) is 9.79. The average Bonchev–Trinajstić information content (AvgIpc) is 2.66. The van der Waals surface area contributed by atoms with E-state index in [9.17, 15) is 9.59 Å². The number of halogens is 1. The van der Waals surface area contributed by atoms with E-state index in [1.165, 1.54) is 13.2 Å². The molecule has 0 aliphatic heterocycles. The highest BCUT2D eigenvalue weighted by Crippen LogP contribution is 2.27. The molecule has 8 nitrogen and oxygen atoms in total. The SMILES string of the molecule is COc1ccc(Cl)cc1NC(=O)/C=N\OCC(=O)Nc1ccc(C#N)cc1. The number of rotatable bonds is 7. The molecule has 2 rings (SSSR count). The number of hydrogen-bond donors (Lipinski definition) is 2. The lowest BCUT2D eigenvalue weighted by atomic mass is 10.2. The van der Waals surface area contributed by atoms with E-state index < -0.39 is 11.8 Å². The van der Waals surface area contributed by atoms with Crippen LogP contribution in [0.25, 0.3) is 0 Å². The molecule has 2 N–H and O–H groups in total. The predicted molar refractivity (Wildman–Crippen MR) is 101 cm³/mol. The fourth-order valence-corrected chi connectivity index (χ4v) is 2.12. The van der Waals surface area contributed by atoms with Gasteiger partial charge in [-0.2, -0.15) is 5.26 Å². The molecule has 0 spiro atoms. The van der Waals surface area contributed by atoms with E-state index >= 15 is 0 Å². The molecular formula is C18H15ClN4O4. The molecule has 2 aromatic rings. The summed E-state index contributed by atoms with van der Waals surface area (Å²) < 4.78 is 5.11. The Kier molecular flexibility index (Phi) is 7.16. The Balaban J connectivity index is 1.79. The van der Waals surface area contributed by atoms with Crippen LogP contribution in [0.1, 0.15) is 5.56 Å². The number of anilines is 2. The number of benzene rings is 2. The number of carbonyl (C=O) groups excluding carboxylic acids is 2. The molecule has 0 fully saturated rings. The molecule has 0 aliphatic rings. The molecule has 0 aromatic heterocycles. The smallest absolute Gasteiger partial charge is 0.270 e. The predicted octanol–water partition coefficient (Wildman–Crippen LogP) is 2.80. The van der Waals surface area contributed by atoms with Gasteiger partial charge in [0.1, 0.15) is 12.0 Å². The number of carbonyl (C=O) groups is 2. The summed E-state index contributed by atoms with van der Waals surface area (Å²) >= 11 is 5.88. The van der Waals surface area contributed by atoms with Gasteiger partial charge >= 0.3 is 0 Å². The number of hydrogen-bond acceptors (Lipinski definition) is 6. The summed E-state index contributed by atoms with van der Waals surface area (Å²) in [5.74, 6) is -0.610. The van der Waals surface area contributed by atoms with Gasteiger partial charge < -0.3 is 20.2 Å². The number of nitrogens with zero attached hydrogens (tertiary/aromatic N) is 2. The third kappa shape index (κ3) is 6.34. The molecule has 2 amide bonds. The second-order valence-corrected chi connectivity index (χ2v) is 5.52. The Morgan fingerprint density at radius 2 is 1.96 bits per heavy atom. The van der Waals surface area contributed by atoms with Crippen LogP contribution in [-0.4, -0.2) is 31.7 Å². The Morgan fingerprint density at radius 1 is 1.22 bits per heavy atom. The topological polar surface area (TPSA) is 113 Å². The molecule has 0 unspecified atom stereocenters. The van der Waals surface area contributed by atoms with Crippen molar-refractivity contribution in [2.75, 3.05) is 24.4 Å². The Bertz CT molecular complexity index is 891. The molecule has 0 heterocycles. The quantitative estimate of drug-likeness (QED) is 0.561. The van der Waals surface area contributed by atoms with Crippen LogP contribution in [0.2, 0.25) is 5.02 Å². The van der Waals surface area contributed by atoms with Gasteiger partial charge in [-0.3, -0.25) is 9.59 Å². The molecule has 9 heteroatoms. The molecule has 2 aromatic carbocycles. The van der Waals surface area contributed by atoms with Gasteiger partial charge in [-0.1, -0.05) is 16.8 Å². The highest BCUT2D eigenvalue weighted by Gasteiger charge is 2.07. The summed E-state index contributed by atoms with van der Waals surface area (Å²) in [6.45, 7) is -0.385. The van der Waals surface area contributed by atoms with Crippen LogP contribution in [0.5, 0.6) is 5.75 Å². The van der Waals surface area contributed by atoms with Gasteiger partial charge in [0.2, 0.25) is 0 Å². The van der Waals surface area contributed by atoms with Crippen molar-refractivity contribution in [3.63, 3.8) is 0 Å².